The smallest absolute Gasteiger partial charge is 0.328 e. The van der Waals surface area contributed by atoms with Gasteiger partial charge in [0.05, 0.1) is 0 Å². The van der Waals surface area contributed by atoms with Crippen LogP contribution in [0.15, 0.2) is 0 Å². The lowest BCUT2D eigenvalue weighted by atomic mass is 10.1. The number of aromatic nitrogens is 4. The van der Waals surface area contributed by atoms with Gasteiger partial charge < -0.3 is 5.11 Å². The van der Waals surface area contributed by atoms with Gasteiger partial charge in [-0.25, -0.2) is 9.48 Å². The van der Waals surface area contributed by atoms with Gasteiger partial charge in [0.2, 0.25) is 0 Å². The largest absolute Gasteiger partial charge is 0.480 e. The van der Waals surface area contributed by atoms with Crippen LogP contribution < -0.4 is 0 Å². The lowest BCUT2D eigenvalue weighted by molar-refractivity contribution is -0.141. The molecule has 16 heavy (non-hydrogen) atoms. The molecule has 0 aromatic carbocycles. The fourth-order valence-corrected chi connectivity index (χ4v) is 1.59. The Morgan fingerprint density at radius 2 is 2.19 bits per heavy atom. The molecule has 1 aromatic heterocycles. The Bertz CT molecular complexity index is 337. The summed E-state index contributed by atoms with van der Waals surface area (Å²) in [6.45, 7) is 4.05. The summed E-state index contributed by atoms with van der Waals surface area (Å²) >= 11 is 0. The molecule has 90 valence electrons. The minimum atomic E-state index is -0.863. The number of unbranched alkanes of at least 4 members (excludes halogenated alkanes) is 1. The van der Waals surface area contributed by atoms with Crippen molar-refractivity contribution in [2.75, 3.05) is 0 Å². The predicted octanol–water partition coefficient (Wildman–Crippen LogP) is 1.44. The van der Waals surface area contributed by atoms with Crippen LogP contribution in [0.3, 0.4) is 0 Å². The fourth-order valence-electron chi connectivity index (χ4n) is 1.59. The van der Waals surface area contributed by atoms with Gasteiger partial charge in [0, 0.05) is 6.42 Å². The molecule has 6 heteroatoms. The molecule has 0 aliphatic rings. The van der Waals surface area contributed by atoms with Gasteiger partial charge in [0.15, 0.2) is 11.9 Å². The van der Waals surface area contributed by atoms with E-state index in [1.54, 1.807) is 0 Å². The minimum absolute atomic E-state index is 0.577. The van der Waals surface area contributed by atoms with E-state index in [9.17, 15) is 4.79 Å². The highest BCUT2D eigenvalue weighted by Gasteiger charge is 2.23. The molecule has 0 saturated carbocycles. The summed E-state index contributed by atoms with van der Waals surface area (Å²) in [6, 6.07) is -0.628. The lowest BCUT2D eigenvalue weighted by Crippen LogP contribution is -2.22. The molecule has 0 aliphatic carbocycles. The maximum Gasteiger partial charge on any atom is 0.328 e. The van der Waals surface area contributed by atoms with Gasteiger partial charge in [-0.1, -0.05) is 26.7 Å². The van der Waals surface area contributed by atoms with E-state index in [2.05, 4.69) is 15.5 Å². The number of carboxylic acids is 1. The van der Waals surface area contributed by atoms with E-state index in [0.717, 1.165) is 19.3 Å². The predicted molar refractivity (Wildman–Crippen MR) is 58.0 cm³/mol. The van der Waals surface area contributed by atoms with E-state index < -0.39 is 12.0 Å². The van der Waals surface area contributed by atoms with Crippen LogP contribution in [-0.4, -0.2) is 31.3 Å². The first-order chi connectivity index (χ1) is 7.70. The van der Waals surface area contributed by atoms with Crippen molar-refractivity contribution < 1.29 is 9.90 Å². The van der Waals surface area contributed by atoms with Crippen LogP contribution in [0.5, 0.6) is 0 Å². The molecule has 0 aliphatic heterocycles. The number of hydrogen-bond acceptors (Lipinski definition) is 4. The summed E-state index contributed by atoms with van der Waals surface area (Å²) in [5.74, 6) is -0.205. The van der Waals surface area contributed by atoms with E-state index in [1.807, 2.05) is 13.8 Å². The summed E-state index contributed by atoms with van der Waals surface area (Å²) in [7, 11) is 0. The Morgan fingerprint density at radius 1 is 1.44 bits per heavy atom. The van der Waals surface area contributed by atoms with Crippen LogP contribution in [0.1, 0.15) is 51.4 Å². The average molecular weight is 226 g/mol. The molecule has 0 amide bonds. The number of rotatable bonds is 7. The van der Waals surface area contributed by atoms with Gasteiger partial charge >= 0.3 is 5.97 Å². The summed E-state index contributed by atoms with van der Waals surface area (Å²) in [5, 5.41) is 20.3. The van der Waals surface area contributed by atoms with Crippen molar-refractivity contribution in [2.45, 2.75) is 52.0 Å². The minimum Gasteiger partial charge on any atom is -0.480 e. The number of aryl methyl sites for hydroxylation is 1. The third kappa shape index (κ3) is 3.01. The number of tetrazole rings is 1. The second kappa shape index (κ2) is 6.19. The van der Waals surface area contributed by atoms with Crippen molar-refractivity contribution in [3.8, 4) is 0 Å². The zero-order chi connectivity index (χ0) is 12.0. The summed E-state index contributed by atoms with van der Waals surface area (Å²) in [6.07, 6.45) is 4.02. The van der Waals surface area contributed by atoms with Crippen molar-refractivity contribution in [3.63, 3.8) is 0 Å². The molecule has 1 N–H and O–H groups in total. The molecule has 1 aromatic rings. The number of nitrogens with zero attached hydrogens (tertiary/aromatic N) is 4. The van der Waals surface area contributed by atoms with E-state index in [0.29, 0.717) is 18.7 Å². The first kappa shape index (κ1) is 12.6. The SMILES string of the molecule is CCCCC(C(=O)O)n1nnnc1CCC. The topological polar surface area (TPSA) is 80.9 Å². The lowest BCUT2D eigenvalue weighted by Gasteiger charge is -2.13. The Morgan fingerprint density at radius 3 is 2.75 bits per heavy atom. The molecule has 0 radical (unpaired) electrons. The second-order valence-corrected chi connectivity index (χ2v) is 3.79. The normalized spacial score (nSPS) is 12.6. The number of hydrogen-bond donors (Lipinski definition) is 1. The van der Waals surface area contributed by atoms with Crippen LogP contribution >= 0.6 is 0 Å². The zero-order valence-electron chi connectivity index (χ0n) is 9.76. The number of carboxylic acid groups (broad SMARTS) is 1. The van der Waals surface area contributed by atoms with Crippen LogP contribution in [0.2, 0.25) is 0 Å². The zero-order valence-corrected chi connectivity index (χ0v) is 9.76. The van der Waals surface area contributed by atoms with Crippen molar-refractivity contribution >= 4 is 5.97 Å². The molecule has 1 unspecified atom stereocenters. The van der Waals surface area contributed by atoms with Crippen LogP contribution in [0, 0.1) is 0 Å². The van der Waals surface area contributed by atoms with Gasteiger partial charge in [-0.3, -0.25) is 0 Å². The van der Waals surface area contributed by atoms with E-state index in [-0.39, 0.29) is 0 Å². The molecule has 6 nitrogen and oxygen atoms in total. The van der Waals surface area contributed by atoms with Crippen molar-refractivity contribution in [1.82, 2.24) is 20.2 Å². The highest BCUT2D eigenvalue weighted by Crippen LogP contribution is 2.16. The molecular weight excluding hydrogens is 208 g/mol. The quantitative estimate of drug-likeness (QED) is 0.760. The van der Waals surface area contributed by atoms with E-state index in [1.165, 1.54) is 4.68 Å². The van der Waals surface area contributed by atoms with Crippen molar-refractivity contribution in [1.29, 1.82) is 0 Å². The molecule has 1 heterocycles. The standard InChI is InChI=1S/C10H18N4O2/c1-3-5-7-8(10(15)16)14-9(6-4-2)11-12-13-14/h8H,3-7H2,1-2H3,(H,15,16). The first-order valence-corrected chi connectivity index (χ1v) is 5.70. The molecule has 0 spiro atoms. The molecule has 1 rings (SSSR count). The van der Waals surface area contributed by atoms with Gasteiger partial charge in [0.25, 0.3) is 0 Å². The van der Waals surface area contributed by atoms with Gasteiger partial charge in [-0.2, -0.15) is 0 Å². The van der Waals surface area contributed by atoms with E-state index in [4.69, 9.17) is 5.11 Å². The Hall–Kier alpha value is -1.46. The Labute approximate surface area is 94.7 Å². The molecule has 0 bridgehead atoms. The third-order valence-corrected chi connectivity index (χ3v) is 2.45. The molecule has 0 fully saturated rings. The Balaban J connectivity index is 2.83. The maximum absolute atomic E-state index is 11.1. The summed E-state index contributed by atoms with van der Waals surface area (Å²) < 4.78 is 1.45. The summed E-state index contributed by atoms with van der Waals surface area (Å²) in [4.78, 5) is 11.1. The number of carbonyl (C=O) groups is 1. The van der Waals surface area contributed by atoms with Gasteiger partial charge in [-0.05, 0) is 23.3 Å². The fraction of sp³-hybridized carbons (Fsp3) is 0.800. The second-order valence-electron chi connectivity index (χ2n) is 3.79. The summed E-state index contributed by atoms with van der Waals surface area (Å²) in [5.41, 5.74) is 0. The van der Waals surface area contributed by atoms with Crippen molar-refractivity contribution in [2.24, 2.45) is 0 Å². The van der Waals surface area contributed by atoms with Crippen LogP contribution in [0.25, 0.3) is 0 Å². The average Bonchev–Trinajstić information content (AvgIpc) is 2.67. The van der Waals surface area contributed by atoms with Gasteiger partial charge in [0.1, 0.15) is 0 Å². The van der Waals surface area contributed by atoms with Crippen LogP contribution in [0.4, 0.5) is 0 Å². The van der Waals surface area contributed by atoms with Gasteiger partial charge in [-0.15, -0.1) is 5.10 Å². The van der Waals surface area contributed by atoms with Crippen LogP contribution in [-0.2, 0) is 11.2 Å². The third-order valence-electron chi connectivity index (χ3n) is 2.45. The highest BCUT2D eigenvalue weighted by molar-refractivity contribution is 5.71. The number of aliphatic carboxylic acids is 1. The highest BCUT2D eigenvalue weighted by atomic mass is 16.4. The Kier molecular flexibility index (Phi) is 4.88. The molecule has 1 atom stereocenters. The molecule has 0 saturated heterocycles. The maximum atomic E-state index is 11.1. The van der Waals surface area contributed by atoms with E-state index >= 15 is 0 Å². The van der Waals surface area contributed by atoms with Crippen molar-refractivity contribution in [3.05, 3.63) is 5.82 Å². The first-order valence-electron chi connectivity index (χ1n) is 5.70. The molecular formula is C10H18N4O2. The monoisotopic (exact) mass is 226 g/mol.